The van der Waals surface area contributed by atoms with E-state index in [-0.39, 0.29) is 5.75 Å². The maximum Gasteiger partial charge on any atom is 0.119 e. The van der Waals surface area contributed by atoms with E-state index in [0.29, 0.717) is 25.0 Å². The Hall–Kier alpha value is -0.870. The van der Waals surface area contributed by atoms with Crippen molar-refractivity contribution in [3.8, 4) is 11.5 Å². The fourth-order valence-corrected chi connectivity index (χ4v) is 3.47. The van der Waals surface area contributed by atoms with Gasteiger partial charge in [0, 0.05) is 5.92 Å². The van der Waals surface area contributed by atoms with Crippen molar-refractivity contribution in [3.63, 3.8) is 0 Å². The molecule has 0 aromatic heterocycles. The molecular weight excluding hydrogens is 246 g/mol. The first kappa shape index (κ1) is 13.6. The molecule has 100 valence electrons. The Morgan fingerprint density at radius 3 is 2.56 bits per heavy atom. The minimum Gasteiger partial charge on any atom is -0.508 e. The second-order valence-electron chi connectivity index (χ2n) is 4.75. The van der Waals surface area contributed by atoms with Crippen molar-refractivity contribution in [2.24, 2.45) is 17.6 Å². The van der Waals surface area contributed by atoms with Gasteiger partial charge in [-0.15, -0.1) is 0 Å². The Morgan fingerprint density at radius 1 is 1.28 bits per heavy atom. The molecule has 0 spiro atoms. The second-order valence-corrected chi connectivity index (χ2v) is 5.98. The number of phenols is 1. The highest BCUT2D eigenvalue weighted by Crippen LogP contribution is 2.29. The highest BCUT2D eigenvalue weighted by molar-refractivity contribution is 7.99. The van der Waals surface area contributed by atoms with E-state index < -0.39 is 0 Å². The zero-order valence-electron chi connectivity index (χ0n) is 10.5. The molecule has 0 amide bonds. The van der Waals surface area contributed by atoms with Gasteiger partial charge in [0.2, 0.25) is 0 Å². The highest BCUT2D eigenvalue weighted by atomic mass is 32.2. The summed E-state index contributed by atoms with van der Waals surface area (Å²) < 4.78 is 5.77. The monoisotopic (exact) mass is 267 g/mol. The lowest BCUT2D eigenvalue weighted by molar-refractivity contribution is 0.190. The number of aromatic hydroxyl groups is 1. The van der Waals surface area contributed by atoms with E-state index in [2.05, 4.69) is 0 Å². The average Bonchev–Trinajstić information content (AvgIpc) is 2.43. The molecule has 1 aliphatic heterocycles. The average molecular weight is 267 g/mol. The molecule has 4 heteroatoms. The van der Waals surface area contributed by atoms with Crippen molar-refractivity contribution in [2.45, 2.75) is 12.8 Å². The molecule has 1 atom stereocenters. The number of rotatable bonds is 5. The Labute approximate surface area is 113 Å². The van der Waals surface area contributed by atoms with Crippen LogP contribution in [0.3, 0.4) is 0 Å². The third-order valence-corrected chi connectivity index (χ3v) is 4.58. The molecule has 0 saturated carbocycles. The van der Waals surface area contributed by atoms with Crippen LogP contribution in [0.15, 0.2) is 24.3 Å². The van der Waals surface area contributed by atoms with Gasteiger partial charge < -0.3 is 15.6 Å². The van der Waals surface area contributed by atoms with Crippen molar-refractivity contribution in [3.05, 3.63) is 24.3 Å². The summed E-state index contributed by atoms with van der Waals surface area (Å²) in [5, 5.41) is 9.21. The molecule has 1 aromatic rings. The summed E-state index contributed by atoms with van der Waals surface area (Å²) in [5.41, 5.74) is 5.87. The van der Waals surface area contributed by atoms with Crippen LogP contribution >= 0.6 is 11.8 Å². The summed E-state index contributed by atoms with van der Waals surface area (Å²) in [5.74, 6) is 4.72. The number of thioether (sulfide) groups is 1. The zero-order valence-corrected chi connectivity index (χ0v) is 11.4. The van der Waals surface area contributed by atoms with Gasteiger partial charge in [-0.2, -0.15) is 11.8 Å². The predicted molar refractivity (Wildman–Crippen MR) is 76.2 cm³/mol. The third-order valence-electron chi connectivity index (χ3n) is 3.54. The molecule has 1 saturated heterocycles. The van der Waals surface area contributed by atoms with Crippen LogP contribution in [-0.4, -0.2) is 29.8 Å². The van der Waals surface area contributed by atoms with E-state index >= 15 is 0 Å². The van der Waals surface area contributed by atoms with Gasteiger partial charge in [-0.3, -0.25) is 0 Å². The smallest absolute Gasteiger partial charge is 0.119 e. The quantitative estimate of drug-likeness (QED) is 0.860. The SMILES string of the molecule is NCC(COc1ccc(O)cc1)C1CCSCC1. The van der Waals surface area contributed by atoms with E-state index in [4.69, 9.17) is 10.5 Å². The van der Waals surface area contributed by atoms with Crippen LogP contribution in [0.5, 0.6) is 11.5 Å². The molecule has 0 radical (unpaired) electrons. The van der Waals surface area contributed by atoms with Crippen molar-refractivity contribution in [2.75, 3.05) is 24.7 Å². The first-order valence-corrected chi connectivity index (χ1v) is 7.64. The molecule has 1 unspecified atom stereocenters. The summed E-state index contributed by atoms with van der Waals surface area (Å²) >= 11 is 2.03. The van der Waals surface area contributed by atoms with E-state index in [0.717, 1.165) is 5.75 Å². The van der Waals surface area contributed by atoms with Gasteiger partial charge in [-0.05, 0) is 61.1 Å². The Balaban J connectivity index is 1.84. The normalized spacial score (nSPS) is 18.5. The lowest BCUT2D eigenvalue weighted by Gasteiger charge is -2.29. The fourth-order valence-electron chi connectivity index (χ4n) is 2.33. The molecule has 18 heavy (non-hydrogen) atoms. The zero-order chi connectivity index (χ0) is 12.8. The molecular formula is C14H21NO2S. The maximum absolute atomic E-state index is 9.21. The van der Waals surface area contributed by atoms with E-state index in [1.165, 1.54) is 24.3 Å². The molecule has 3 N–H and O–H groups in total. The Bertz CT molecular complexity index is 349. The summed E-state index contributed by atoms with van der Waals surface area (Å²) in [6.07, 6.45) is 2.51. The lowest BCUT2D eigenvalue weighted by Crippen LogP contribution is -2.31. The van der Waals surface area contributed by atoms with Crippen molar-refractivity contribution in [1.82, 2.24) is 0 Å². The minimum atomic E-state index is 0.266. The summed E-state index contributed by atoms with van der Waals surface area (Å²) in [6, 6.07) is 6.87. The van der Waals surface area contributed by atoms with Gasteiger partial charge in [-0.25, -0.2) is 0 Å². The van der Waals surface area contributed by atoms with Crippen LogP contribution in [0.2, 0.25) is 0 Å². The molecule has 0 bridgehead atoms. The molecule has 1 aliphatic rings. The first-order valence-electron chi connectivity index (χ1n) is 6.49. The first-order chi connectivity index (χ1) is 8.79. The van der Waals surface area contributed by atoms with Gasteiger partial charge >= 0.3 is 0 Å². The predicted octanol–water partition coefficient (Wildman–Crippen LogP) is 2.49. The lowest BCUT2D eigenvalue weighted by atomic mass is 9.88. The minimum absolute atomic E-state index is 0.266. The Kier molecular flexibility index (Phi) is 5.20. The second kappa shape index (κ2) is 6.90. The van der Waals surface area contributed by atoms with Crippen LogP contribution in [0.1, 0.15) is 12.8 Å². The van der Waals surface area contributed by atoms with Crippen molar-refractivity contribution in [1.29, 1.82) is 0 Å². The van der Waals surface area contributed by atoms with Gasteiger partial charge in [0.25, 0.3) is 0 Å². The fraction of sp³-hybridized carbons (Fsp3) is 0.571. The number of benzene rings is 1. The van der Waals surface area contributed by atoms with Gasteiger partial charge in [0.05, 0.1) is 6.61 Å². The summed E-state index contributed by atoms with van der Waals surface area (Å²) in [7, 11) is 0. The van der Waals surface area contributed by atoms with E-state index in [1.807, 2.05) is 11.8 Å². The standard InChI is InChI=1S/C14H21NO2S/c15-9-12(11-5-7-18-8-6-11)10-17-14-3-1-13(16)2-4-14/h1-4,11-12,16H,5-10,15H2. The van der Waals surface area contributed by atoms with Crippen LogP contribution in [0, 0.1) is 11.8 Å². The van der Waals surface area contributed by atoms with Crippen LogP contribution in [0.4, 0.5) is 0 Å². The van der Waals surface area contributed by atoms with Gasteiger partial charge in [0.15, 0.2) is 0 Å². The number of hydrogen-bond donors (Lipinski definition) is 2. The third kappa shape index (κ3) is 3.82. The number of nitrogens with two attached hydrogens (primary N) is 1. The molecule has 3 nitrogen and oxygen atoms in total. The topological polar surface area (TPSA) is 55.5 Å². The number of phenolic OH excluding ortho intramolecular Hbond substituents is 1. The number of ether oxygens (including phenoxy) is 1. The van der Waals surface area contributed by atoms with E-state index in [1.54, 1.807) is 24.3 Å². The van der Waals surface area contributed by atoms with Crippen LogP contribution < -0.4 is 10.5 Å². The molecule has 1 aromatic carbocycles. The summed E-state index contributed by atoms with van der Waals surface area (Å²) in [6.45, 7) is 1.37. The molecule has 1 fully saturated rings. The van der Waals surface area contributed by atoms with Gasteiger partial charge in [0.1, 0.15) is 11.5 Å². The summed E-state index contributed by atoms with van der Waals surface area (Å²) in [4.78, 5) is 0. The van der Waals surface area contributed by atoms with Gasteiger partial charge in [-0.1, -0.05) is 0 Å². The molecule has 2 rings (SSSR count). The van der Waals surface area contributed by atoms with Crippen LogP contribution in [-0.2, 0) is 0 Å². The van der Waals surface area contributed by atoms with E-state index in [9.17, 15) is 5.11 Å². The molecule has 1 heterocycles. The van der Waals surface area contributed by atoms with Crippen LogP contribution in [0.25, 0.3) is 0 Å². The maximum atomic E-state index is 9.21. The molecule has 0 aliphatic carbocycles. The van der Waals surface area contributed by atoms with Crippen molar-refractivity contribution >= 4 is 11.8 Å². The number of hydrogen-bond acceptors (Lipinski definition) is 4. The largest absolute Gasteiger partial charge is 0.508 e. The Morgan fingerprint density at radius 2 is 1.94 bits per heavy atom. The highest BCUT2D eigenvalue weighted by Gasteiger charge is 2.23. The van der Waals surface area contributed by atoms with Crippen molar-refractivity contribution < 1.29 is 9.84 Å².